The SMILES string of the molecule is C=C1C(=O)O[C@@H]2C[C@@]1(C)OC[C@H]2[C@H]1CC[C@H]2[C@@H]3C[C@@H](O)C4=CC=CC(=O)[C@]4(C)[C@H]3C[C@@H](O)[C@]12C. The van der Waals surface area contributed by atoms with Gasteiger partial charge in [-0.15, -0.1) is 0 Å². The molecule has 34 heavy (non-hydrogen) atoms. The van der Waals surface area contributed by atoms with Crippen molar-refractivity contribution < 1.29 is 29.3 Å². The Morgan fingerprint density at radius 3 is 2.47 bits per heavy atom. The van der Waals surface area contributed by atoms with Gasteiger partial charge in [0.05, 0.1) is 29.8 Å². The van der Waals surface area contributed by atoms with Crippen molar-refractivity contribution in [2.75, 3.05) is 6.61 Å². The second-order valence-corrected chi connectivity index (χ2v) is 12.3. The molecule has 184 valence electrons. The lowest BCUT2D eigenvalue weighted by Crippen LogP contribution is -2.62. The van der Waals surface area contributed by atoms with Gasteiger partial charge in [0.1, 0.15) is 11.7 Å². The van der Waals surface area contributed by atoms with Crippen LogP contribution in [-0.2, 0) is 19.1 Å². The number of aliphatic hydroxyl groups excluding tert-OH is 2. The summed E-state index contributed by atoms with van der Waals surface area (Å²) in [6.07, 6.45) is 7.46. The fourth-order valence-electron chi connectivity index (χ4n) is 9.13. The summed E-state index contributed by atoms with van der Waals surface area (Å²) in [4.78, 5) is 25.7. The Labute approximate surface area is 201 Å². The topological polar surface area (TPSA) is 93.1 Å². The number of hydrogen-bond acceptors (Lipinski definition) is 6. The third-order valence-corrected chi connectivity index (χ3v) is 11.2. The Hall–Kier alpha value is -1.76. The molecule has 0 aromatic carbocycles. The number of ether oxygens (including phenoxy) is 2. The first-order chi connectivity index (χ1) is 16.0. The molecule has 6 rings (SSSR count). The molecule has 5 fully saturated rings. The van der Waals surface area contributed by atoms with Crippen LogP contribution >= 0.6 is 0 Å². The molecule has 2 heterocycles. The Balaban J connectivity index is 1.33. The molecule has 4 aliphatic carbocycles. The highest BCUT2D eigenvalue weighted by Gasteiger charge is 2.67. The summed E-state index contributed by atoms with van der Waals surface area (Å²) in [7, 11) is 0. The van der Waals surface area contributed by atoms with Crippen LogP contribution < -0.4 is 0 Å². The van der Waals surface area contributed by atoms with Crippen LogP contribution in [0.25, 0.3) is 0 Å². The standard InChI is InChI=1S/C28H36O6/c1-14-25(32)34-22-12-26(14,2)33-13-16(22)18-9-8-17-15-10-21(29)19-6-5-7-23(30)28(19,4)20(15)11-24(31)27(17,18)3/h5-7,15-18,20-22,24,29,31H,1,8-13H2,2-4H3/t15-,16-,17-,18+,20-,21+,22+,24+,26+,27-,28-/m0/s1. The van der Waals surface area contributed by atoms with Crippen LogP contribution in [-0.4, -0.2) is 52.5 Å². The molecule has 0 aromatic rings. The first-order valence-electron chi connectivity index (χ1n) is 12.9. The second kappa shape index (κ2) is 7.14. The minimum atomic E-state index is -0.757. The summed E-state index contributed by atoms with van der Waals surface area (Å²) in [5, 5.41) is 22.8. The van der Waals surface area contributed by atoms with Gasteiger partial charge in [0.2, 0.25) is 0 Å². The van der Waals surface area contributed by atoms with Gasteiger partial charge in [0, 0.05) is 12.3 Å². The first kappa shape index (κ1) is 22.7. The maximum atomic E-state index is 13.2. The highest BCUT2D eigenvalue weighted by molar-refractivity contribution is 5.99. The molecule has 6 nitrogen and oxygen atoms in total. The van der Waals surface area contributed by atoms with E-state index in [1.54, 1.807) is 12.2 Å². The van der Waals surface area contributed by atoms with Gasteiger partial charge >= 0.3 is 5.97 Å². The van der Waals surface area contributed by atoms with Crippen LogP contribution in [0.1, 0.15) is 52.9 Å². The van der Waals surface area contributed by atoms with E-state index in [0.29, 0.717) is 31.4 Å². The van der Waals surface area contributed by atoms with Gasteiger partial charge in [-0.25, -0.2) is 4.79 Å². The van der Waals surface area contributed by atoms with Gasteiger partial charge < -0.3 is 19.7 Å². The third kappa shape index (κ3) is 2.68. The molecule has 3 saturated carbocycles. The molecular weight excluding hydrogens is 432 g/mol. The summed E-state index contributed by atoms with van der Waals surface area (Å²) < 4.78 is 12.1. The lowest BCUT2D eigenvalue weighted by atomic mass is 9.45. The van der Waals surface area contributed by atoms with E-state index in [4.69, 9.17) is 9.47 Å². The predicted octanol–water partition coefficient (Wildman–Crippen LogP) is 3.13. The van der Waals surface area contributed by atoms with Crippen molar-refractivity contribution in [2.45, 2.75) is 76.8 Å². The van der Waals surface area contributed by atoms with Crippen molar-refractivity contribution in [3.63, 3.8) is 0 Å². The summed E-state index contributed by atoms with van der Waals surface area (Å²) in [5.41, 5.74) is -0.620. The normalized spacial score (nSPS) is 54.0. The highest BCUT2D eigenvalue weighted by atomic mass is 16.6. The molecule has 0 spiro atoms. The monoisotopic (exact) mass is 468 g/mol. The first-order valence-corrected chi connectivity index (χ1v) is 12.9. The minimum Gasteiger partial charge on any atom is -0.458 e. The fourth-order valence-corrected chi connectivity index (χ4v) is 9.13. The number of esters is 1. The highest BCUT2D eigenvalue weighted by Crippen LogP contribution is 2.67. The molecule has 2 saturated heterocycles. The van der Waals surface area contributed by atoms with Crippen LogP contribution in [0, 0.1) is 40.4 Å². The number of rotatable bonds is 1. The molecule has 0 amide bonds. The van der Waals surface area contributed by atoms with Gasteiger partial charge in [-0.3, -0.25) is 4.79 Å². The van der Waals surface area contributed by atoms with Gasteiger partial charge in [-0.2, -0.15) is 0 Å². The van der Waals surface area contributed by atoms with E-state index in [-0.39, 0.29) is 52.9 Å². The van der Waals surface area contributed by atoms with E-state index in [1.807, 2.05) is 19.9 Å². The molecule has 0 aromatic heterocycles. The van der Waals surface area contributed by atoms with E-state index in [0.717, 1.165) is 18.4 Å². The summed E-state index contributed by atoms with van der Waals surface area (Å²) in [5.74, 6) is 0.191. The largest absolute Gasteiger partial charge is 0.458 e. The van der Waals surface area contributed by atoms with Crippen molar-refractivity contribution >= 4 is 11.8 Å². The van der Waals surface area contributed by atoms with Crippen LogP contribution in [0.3, 0.4) is 0 Å². The number of carbonyl (C=O) groups is 2. The number of fused-ring (bicyclic) bond motifs is 7. The zero-order valence-electron chi connectivity index (χ0n) is 20.3. The molecule has 6 heteroatoms. The zero-order valence-corrected chi connectivity index (χ0v) is 20.3. The van der Waals surface area contributed by atoms with Crippen molar-refractivity contribution in [1.29, 1.82) is 0 Å². The quantitative estimate of drug-likeness (QED) is 0.454. The van der Waals surface area contributed by atoms with Crippen LogP contribution in [0.4, 0.5) is 0 Å². The van der Waals surface area contributed by atoms with E-state index in [1.165, 1.54) is 0 Å². The van der Waals surface area contributed by atoms with E-state index in [9.17, 15) is 19.8 Å². The fraction of sp³-hybridized carbons (Fsp3) is 0.714. The third-order valence-electron chi connectivity index (χ3n) is 11.2. The number of hydrogen-bond donors (Lipinski definition) is 2. The summed E-state index contributed by atoms with van der Waals surface area (Å²) in [6, 6.07) is 0. The molecule has 2 bridgehead atoms. The molecule has 0 unspecified atom stereocenters. The zero-order chi connectivity index (χ0) is 24.2. The Morgan fingerprint density at radius 2 is 1.74 bits per heavy atom. The van der Waals surface area contributed by atoms with E-state index >= 15 is 0 Å². The number of allylic oxidation sites excluding steroid dienone is 3. The number of carbonyl (C=O) groups excluding carboxylic acids is 2. The average Bonchev–Trinajstić information content (AvgIpc) is 3.14. The van der Waals surface area contributed by atoms with Gasteiger partial charge in [-0.05, 0) is 80.3 Å². The number of ketones is 1. The molecule has 2 aliphatic heterocycles. The van der Waals surface area contributed by atoms with E-state index < -0.39 is 23.2 Å². The van der Waals surface area contributed by atoms with Crippen molar-refractivity contribution in [1.82, 2.24) is 0 Å². The Morgan fingerprint density at radius 1 is 1.03 bits per heavy atom. The molecule has 6 aliphatic rings. The minimum absolute atomic E-state index is 0.00755. The van der Waals surface area contributed by atoms with E-state index in [2.05, 4.69) is 13.5 Å². The summed E-state index contributed by atoms with van der Waals surface area (Å²) in [6.45, 7) is 10.5. The van der Waals surface area contributed by atoms with Crippen LogP contribution in [0.5, 0.6) is 0 Å². The Kier molecular flexibility index (Phi) is 4.77. The molecule has 0 radical (unpaired) electrons. The van der Waals surface area contributed by atoms with Gasteiger partial charge in [0.15, 0.2) is 5.78 Å². The van der Waals surface area contributed by atoms with Crippen LogP contribution in [0.2, 0.25) is 0 Å². The lowest BCUT2D eigenvalue weighted by molar-refractivity contribution is -0.209. The van der Waals surface area contributed by atoms with Crippen molar-refractivity contribution in [3.8, 4) is 0 Å². The number of aliphatic hydroxyl groups is 2. The van der Waals surface area contributed by atoms with Gasteiger partial charge in [-0.1, -0.05) is 25.7 Å². The van der Waals surface area contributed by atoms with Crippen LogP contribution in [0.15, 0.2) is 36.0 Å². The predicted molar refractivity (Wildman–Crippen MR) is 124 cm³/mol. The smallest absolute Gasteiger partial charge is 0.336 e. The second-order valence-electron chi connectivity index (χ2n) is 12.3. The van der Waals surface area contributed by atoms with Crippen molar-refractivity contribution in [2.24, 2.45) is 40.4 Å². The Bertz CT molecular complexity index is 1030. The maximum Gasteiger partial charge on any atom is 0.336 e. The van der Waals surface area contributed by atoms with Gasteiger partial charge in [0.25, 0.3) is 0 Å². The average molecular weight is 469 g/mol. The van der Waals surface area contributed by atoms with Crippen molar-refractivity contribution in [3.05, 3.63) is 36.0 Å². The molecular formula is C28H36O6. The summed E-state index contributed by atoms with van der Waals surface area (Å²) >= 11 is 0. The molecule has 2 N–H and O–H groups in total. The molecule has 11 atom stereocenters. The maximum absolute atomic E-state index is 13.2. The lowest BCUT2D eigenvalue weighted by Gasteiger charge is -2.60.